The zero-order valence-electron chi connectivity index (χ0n) is 12.9. The van der Waals surface area contributed by atoms with Gasteiger partial charge in [-0.05, 0) is 33.9 Å². The van der Waals surface area contributed by atoms with E-state index >= 15 is 0 Å². The highest BCUT2D eigenvalue weighted by atomic mass is 16.3. The Bertz CT molecular complexity index is 464. The summed E-state index contributed by atoms with van der Waals surface area (Å²) in [6, 6.07) is 2.24. The fourth-order valence-electron chi connectivity index (χ4n) is 2.67. The van der Waals surface area contributed by atoms with Crippen LogP contribution in [0.25, 0.3) is 0 Å². The number of likely N-dealkylation sites (N-methyl/N-ethyl adjacent to an activating group) is 1. The van der Waals surface area contributed by atoms with Gasteiger partial charge in [-0.2, -0.15) is 0 Å². The minimum absolute atomic E-state index is 0.180. The van der Waals surface area contributed by atoms with Gasteiger partial charge in [0.2, 0.25) is 5.91 Å². The monoisotopic (exact) mass is 279 g/mol. The summed E-state index contributed by atoms with van der Waals surface area (Å²) in [4.78, 5) is 16.3. The van der Waals surface area contributed by atoms with Crippen molar-refractivity contribution in [2.75, 3.05) is 39.8 Å². The van der Waals surface area contributed by atoms with Crippen LogP contribution in [0.3, 0.4) is 0 Å². The lowest BCUT2D eigenvalue weighted by Gasteiger charge is -2.31. The van der Waals surface area contributed by atoms with Gasteiger partial charge in [0.1, 0.15) is 11.5 Å². The van der Waals surface area contributed by atoms with Crippen LogP contribution in [0.5, 0.6) is 0 Å². The Labute approximate surface area is 120 Å². The normalized spacial score (nSPS) is 17.6. The fourth-order valence-corrected chi connectivity index (χ4v) is 2.67. The number of hydrogen-bond acceptors (Lipinski definition) is 4. The third-order valence-electron chi connectivity index (χ3n) is 4.04. The molecular weight excluding hydrogens is 254 g/mol. The van der Waals surface area contributed by atoms with E-state index in [0.717, 1.165) is 43.3 Å². The summed E-state index contributed by atoms with van der Waals surface area (Å²) >= 11 is 0. The highest BCUT2D eigenvalue weighted by Gasteiger charge is 2.22. The Morgan fingerprint density at radius 2 is 2.10 bits per heavy atom. The van der Waals surface area contributed by atoms with Crippen LogP contribution in [-0.4, -0.2) is 55.5 Å². The molecule has 2 heterocycles. The Kier molecular flexibility index (Phi) is 4.83. The standard InChI is InChI=1S/C15H25N3O2/c1-11-9-14(13(3)20-11)12(2)17(4)10-15(19)18-7-5-16-6-8-18/h9,12,16H,5-8,10H2,1-4H3. The van der Waals surface area contributed by atoms with Crippen LogP contribution < -0.4 is 5.32 Å². The minimum atomic E-state index is 0.180. The number of nitrogens with zero attached hydrogens (tertiary/aromatic N) is 2. The molecule has 1 aliphatic heterocycles. The number of carbonyl (C=O) groups excluding carboxylic acids is 1. The van der Waals surface area contributed by atoms with Crippen molar-refractivity contribution >= 4 is 5.91 Å². The van der Waals surface area contributed by atoms with E-state index in [1.54, 1.807) is 0 Å². The topological polar surface area (TPSA) is 48.7 Å². The molecule has 112 valence electrons. The molecule has 1 aromatic rings. The number of carbonyl (C=O) groups is 1. The molecule has 1 saturated heterocycles. The number of amides is 1. The van der Waals surface area contributed by atoms with Gasteiger partial charge < -0.3 is 14.6 Å². The molecule has 5 nitrogen and oxygen atoms in total. The second-order valence-corrected chi connectivity index (χ2v) is 5.59. The average Bonchev–Trinajstić information content (AvgIpc) is 2.77. The lowest BCUT2D eigenvalue weighted by Crippen LogP contribution is -2.49. The van der Waals surface area contributed by atoms with Crippen LogP contribution in [0.15, 0.2) is 10.5 Å². The predicted molar refractivity (Wildman–Crippen MR) is 78.7 cm³/mol. The van der Waals surface area contributed by atoms with Gasteiger partial charge in [0.05, 0.1) is 6.54 Å². The van der Waals surface area contributed by atoms with E-state index in [9.17, 15) is 4.79 Å². The van der Waals surface area contributed by atoms with E-state index in [2.05, 4.69) is 23.2 Å². The average molecular weight is 279 g/mol. The summed E-state index contributed by atoms with van der Waals surface area (Å²) in [6.07, 6.45) is 0. The Hall–Kier alpha value is -1.33. The zero-order valence-corrected chi connectivity index (χ0v) is 12.9. The van der Waals surface area contributed by atoms with E-state index in [4.69, 9.17) is 4.42 Å². The largest absolute Gasteiger partial charge is 0.466 e. The van der Waals surface area contributed by atoms with Crippen molar-refractivity contribution in [3.05, 3.63) is 23.2 Å². The molecule has 20 heavy (non-hydrogen) atoms. The quantitative estimate of drug-likeness (QED) is 0.903. The van der Waals surface area contributed by atoms with Crippen molar-refractivity contribution in [1.29, 1.82) is 0 Å². The summed E-state index contributed by atoms with van der Waals surface area (Å²) in [5.74, 6) is 2.07. The van der Waals surface area contributed by atoms with Gasteiger partial charge in [0, 0.05) is 37.8 Å². The first-order valence-electron chi connectivity index (χ1n) is 7.24. The summed E-state index contributed by atoms with van der Waals surface area (Å²) in [5, 5.41) is 3.26. The van der Waals surface area contributed by atoms with Crippen LogP contribution in [0.1, 0.15) is 30.0 Å². The molecule has 5 heteroatoms. The molecule has 1 aliphatic rings. The predicted octanol–water partition coefficient (Wildman–Crippen LogP) is 1.32. The zero-order chi connectivity index (χ0) is 14.7. The smallest absolute Gasteiger partial charge is 0.236 e. The number of nitrogens with one attached hydrogen (secondary N) is 1. The van der Waals surface area contributed by atoms with Gasteiger partial charge in [-0.3, -0.25) is 9.69 Å². The molecule has 0 aliphatic carbocycles. The number of hydrogen-bond donors (Lipinski definition) is 1. The minimum Gasteiger partial charge on any atom is -0.466 e. The maximum Gasteiger partial charge on any atom is 0.236 e. The summed E-state index contributed by atoms with van der Waals surface area (Å²) < 4.78 is 5.58. The van der Waals surface area contributed by atoms with Crippen molar-refractivity contribution in [2.24, 2.45) is 0 Å². The summed E-state index contributed by atoms with van der Waals surface area (Å²) in [5.41, 5.74) is 1.16. The first kappa shape index (κ1) is 15.1. The molecule has 0 spiro atoms. The van der Waals surface area contributed by atoms with Crippen molar-refractivity contribution in [3.8, 4) is 0 Å². The van der Waals surface area contributed by atoms with Gasteiger partial charge in [-0.25, -0.2) is 0 Å². The van der Waals surface area contributed by atoms with Gasteiger partial charge >= 0.3 is 0 Å². The van der Waals surface area contributed by atoms with Crippen molar-refractivity contribution in [3.63, 3.8) is 0 Å². The third-order valence-corrected chi connectivity index (χ3v) is 4.04. The maximum absolute atomic E-state index is 12.3. The molecule has 0 aromatic carbocycles. The van der Waals surface area contributed by atoms with E-state index in [0.29, 0.717) is 6.54 Å². The molecule has 1 amide bonds. The van der Waals surface area contributed by atoms with Crippen LogP contribution in [-0.2, 0) is 4.79 Å². The molecule has 0 bridgehead atoms. The van der Waals surface area contributed by atoms with Gasteiger partial charge in [-0.1, -0.05) is 0 Å². The van der Waals surface area contributed by atoms with Crippen LogP contribution in [0.2, 0.25) is 0 Å². The lowest BCUT2D eigenvalue weighted by atomic mass is 10.1. The van der Waals surface area contributed by atoms with Crippen molar-refractivity contribution in [2.45, 2.75) is 26.8 Å². The lowest BCUT2D eigenvalue weighted by molar-refractivity contribution is -0.133. The SMILES string of the molecule is Cc1cc(C(C)N(C)CC(=O)N2CCNCC2)c(C)o1. The molecule has 1 aromatic heterocycles. The number of piperazine rings is 1. The molecule has 1 N–H and O–H groups in total. The second-order valence-electron chi connectivity index (χ2n) is 5.59. The Morgan fingerprint density at radius 3 is 2.65 bits per heavy atom. The third kappa shape index (κ3) is 3.41. The van der Waals surface area contributed by atoms with Gasteiger partial charge in [-0.15, -0.1) is 0 Å². The Balaban J connectivity index is 1.95. The molecule has 0 radical (unpaired) electrons. The summed E-state index contributed by atoms with van der Waals surface area (Å²) in [6.45, 7) is 9.90. The number of aryl methyl sites for hydroxylation is 2. The number of furan rings is 1. The Morgan fingerprint density at radius 1 is 1.45 bits per heavy atom. The van der Waals surface area contributed by atoms with Gasteiger partial charge in [0.15, 0.2) is 0 Å². The second kappa shape index (κ2) is 6.41. The molecule has 0 saturated carbocycles. The van der Waals surface area contributed by atoms with Crippen molar-refractivity contribution in [1.82, 2.24) is 15.1 Å². The highest BCUT2D eigenvalue weighted by Crippen LogP contribution is 2.25. The van der Waals surface area contributed by atoms with E-state index < -0.39 is 0 Å². The first-order chi connectivity index (χ1) is 9.49. The number of rotatable bonds is 4. The molecular formula is C15H25N3O2. The van der Waals surface area contributed by atoms with E-state index in [1.807, 2.05) is 25.8 Å². The first-order valence-corrected chi connectivity index (χ1v) is 7.24. The van der Waals surface area contributed by atoms with Crippen molar-refractivity contribution < 1.29 is 9.21 Å². The van der Waals surface area contributed by atoms with Crippen LogP contribution in [0.4, 0.5) is 0 Å². The fraction of sp³-hybridized carbons (Fsp3) is 0.667. The molecule has 1 unspecified atom stereocenters. The van der Waals surface area contributed by atoms with Gasteiger partial charge in [0.25, 0.3) is 0 Å². The maximum atomic E-state index is 12.3. The van der Waals surface area contributed by atoms with Crippen LogP contribution in [0, 0.1) is 13.8 Å². The summed E-state index contributed by atoms with van der Waals surface area (Å²) in [7, 11) is 1.99. The van der Waals surface area contributed by atoms with E-state index in [-0.39, 0.29) is 11.9 Å². The molecule has 1 atom stereocenters. The molecule has 1 fully saturated rings. The molecule has 2 rings (SSSR count). The van der Waals surface area contributed by atoms with Crippen LogP contribution >= 0.6 is 0 Å². The highest BCUT2D eigenvalue weighted by molar-refractivity contribution is 5.78. The van der Waals surface area contributed by atoms with E-state index in [1.165, 1.54) is 0 Å².